The molecule has 3 atom stereocenters. The van der Waals surface area contributed by atoms with E-state index in [-0.39, 0.29) is 18.8 Å². The van der Waals surface area contributed by atoms with Gasteiger partial charge in [0, 0.05) is 45.6 Å². The number of methoxy groups -OCH3 is 2. The first-order chi connectivity index (χ1) is 10.1. The molecule has 1 fully saturated rings. The lowest BCUT2D eigenvalue weighted by Crippen LogP contribution is -2.35. The van der Waals surface area contributed by atoms with Crippen molar-refractivity contribution < 1.29 is 19.3 Å². The van der Waals surface area contributed by atoms with Crippen LogP contribution in [-0.2, 0) is 9.47 Å². The van der Waals surface area contributed by atoms with Crippen molar-refractivity contribution in [1.82, 2.24) is 4.90 Å². The quantitative estimate of drug-likeness (QED) is 0.707. The second kappa shape index (κ2) is 7.61. The average Bonchev–Trinajstić information content (AvgIpc) is 2.87. The Hall–Kier alpha value is -1.34. The van der Waals surface area contributed by atoms with E-state index >= 15 is 0 Å². The number of aliphatic hydroxyl groups is 1. The van der Waals surface area contributed by atoms with Crippen molar-refractivity contribution in [3.63, 3.8) is 0 Å². The maximum absolute atomic E-state index is 10.1. The van der Waals surface area contributed by atoms with Crippen molar-refractivity contribution in [2.45, 2.75) is 18.3 Å². The largest absolute Gasteiger partial charge is 0.491 e. The molecule has 0 saturated carbocycles. The van der Waals surface area contributed by atoms with E-state index in [1.807, 2.05) is 12.1 Å². The lowest BCUT2D eigenvalue weighted by Gasteiger charge is -2.20. The summed E-state index contributed by atoms with van der Waals surface area (Å²) in [5.74, 6) is 0.667. The summed E-state index contributed by atoms with van der Waals surface area (Å²) in [6.45, 7) is 2.27. The fraction of sp³-hybridized carbons (Fsp3) is 0.600. The highest BCUT2D eigenvalue weighted by Crippen LogP contribution is 2.17. The zero-order valence-corrected chi connectivity index (χ0v) is 12.6. The molecule has 0 radical (unpaired) electrons. The van der Waals surface area contributed by atoms with Crippen LogP contribution in [0.15, 0.2) is 24.3 Å². The first kappa shape index (κ1) is 16.0. The van der Waals surface area contributed by atoms with Crippen molar-refractivity contribution >= 4 is 5.69 Å². The molecule has 1 aromatic carbocycles. The molecule has 1 aliphatic rings. The molecule has 1 aromatic rings. The summed E-state index contributed by atoms with van der Waals surface area (Å²) in [5, 5.41) is 10.1. The number of nitrogen functional groups attached to an aromatic ring is 1. The van der Waals surface area contributed by atoms with Crippen molar-refractivity contribution in [2.24, 2.45) is 0 Å². The van der Waals surface area contributed by atoms with Gasteiger partial charge in [0.05, 0.1) is 12.2 Å². The van der Waals surface area contributed by atoms with Crippen molar-refractivity contribution in [3.05, 3.63) is 24.3 Å². The monoisotopic (exact) mass is 296 g/mol. The predicted molar refractivity (Wildman–Crippen MR) is 80.4 cm³/mol. The molecular weight excluding hydrogens is 272 g/mol. The van der Waals surface area contributed by atoms with E-state index in [9.17, 15) is 5.11 Å². The second-order valence-corrected chi connectivity index (χ2v) is 5.30. The Kier molecular flexibility index (Phi) is 5.81. The molecule has 1 saturated heterocycles. The number of likely N-dealkylation sites (tertiary alicyclic amines) is 1. The Balaban J connectivity index is 1.76. The van der Waals surface area contributed by atoms with E-state index in [4.69, 9.17) is 19.9 Å². The number of aliphatic hydroxyl groups excluding tert-OH is 1. The van der Waals surface area contributed by atoms with Gasteiger partial charge in [0.25, 0.3) is 0 Å². The third-order valence-corrected chi connectivity index (χ3v) is 3.67. The zero-order valence-electron chi connectivity index (χ0n) is 12.6. The van der Waals surface area contributed by atoms with Gasteiger partial charge in [-0.2, -0.15) is 0 Å². The number of rotatable bonds is 7. The molecule has 1 heterocycles. The summed E-state index contributed by atoms with van der Waals surface area (Å²) in [6.07, 6.45) is -0.464. The SMILES string of the molecule is COC1CN(CC(O)COc2cccc(N)c2)CC1OC. The van der Waals surface area contributed by atoms with E-state index in [2.05, 4.69) is 4.90 Å². The van der Waals surface area contributed by atoms with Gasteiger partial charge in [-0.1, -0.05) is 6.07 Å². The molecule has 0 bridgehead atoms. The van der Waals surface area contributed by atoms with Gasteiger partial charge in [-0.05, 0) is 12.1 Å². The molecule has 118 valence electrons. The van der Waals surface area contributed by atoms with Gasteiger partial charge >= 0.3 is 0 Å². The summed E-state index contributed by atoms with van der Waals surface area (Å²) in [7, 11) is 3.36. The number of hydrogen-bond acceptors (Lipinski definition) is 6. The molecule has 3 N–H and O–H groups in total. The predicted octanol–water partition coefficient (Wildman–Crippen LogP) is 0.354. The van der Waals surface area contributed by atoms with E-state index in [0.29, 0.717) is 18.0 Å². The third-order valence-electron chi connectivity index (χ3n) is 3.67. The minimum absolute atomic E-state index is 0.0528. The highest BCUT2D eigenvalue weighted by molar-refractivity contribution is 5.43. The van der Waals surface area contributed by atoms with Gasteiger partial charge in [-0.25, -0.2) is 0 Å². The van der Waals surface area contributed by atoms with Crippen LogP contribution in [-0.4, -0.2) is 68.8 Å². The fourth-order valence-corrected chi connectivity index (χ4v) is 2.57. The van der Waals surface area contributed by atoms with Crippen LogP contribution < -0.4 is 10.5 Å². The molecule has 0 aromatic heterocycles. The van der Waals surface area contributed by atoms with Gasteiger partial charge in [0.2, 0.25) is 0 Å². The van der Waals surface area contributed by atoms with Gasteiger partial charge < -0.3 is 25.1 Å². The van der Waals surface area contributed by atoms with Crippen LogP contribution in [0, 0.1) is 0 Å². The first-order valence-electron chi connectivity index (χ1n) is 7.06. The van der Waals surface area contributed by atoms with Gasteiger partial charge in [-0.15, -0.1) is 0 Å². The lowest BCUT2D eigenvalue weighted by atomic mass is 10.3. The Bertz CT molecular complexity index is 431. The van der Waals surface area contributed by atoms with E-state index in [0.717, 1.165) is 13.1 Å². The summed E-state index contributed by atoms with van der Waals surface area (Å²) < 4.78 is 16.3. The van der Waals surface area contributed by atoms with Gasteiger partial charge in [-0.3, -0.25) is 4.90 Å². The van der Waals surface area contributed by atoms with Crippen molar-refractivity contribution in [3.8, 4) is 5.75 Å². The number of β-amino-alcohol motifs (C(OH)–C–C–N with tert-alkyl or cyclic N) is 1. The molecule has 21 heavy (non-hydrogen) atoms. The number of ether oxygens (including phenoxy) is 3. The highest BCUT2D eigenvalue weighted by Gasteiger charge is 2.33. The first-order valence-corrected chi connectivity index (χ1v) is 7.06. The van der Waals surface area contributed by atoms with Crippen LogP contribution in [0.3, 0.4) is 0 Å². The van der Waals surface area contributed by atoms with Gasteiger partial charge in [0.1, 0.15) is 18.5 Å². The number of anilines is 1. The normalized spacial score (nSPS) is 24.1. The molecular formula is C15H24N2O4. The molecule has 0 aliphatic carbocycles. The maximum atomic E-state index is 10.1. The summed E-state index contributed by atoms with van der Waals surface area (Å²) >= 11 is 0. The highest BCUT2D eigenvalue weighted by atomic mass is 16.5. The Labute approximate surface area is 125 Å². The molecule has 3 unspecified atom stereocenters. The van der Waals surface area contributed by atoms with Crippen LogP contribution in [0.4, 0.5) is 5.69 Å². The maximum Gasteiger partial charge on any atom is 0.121 e. The lowest BCUT2D eigenvalue weighted by molar-refractivity contribution is -0.00461. The molecule has 0 spiro atoms. The number of nitrogens with two attached hydrogens (primary N) is 1. The molecule has 0 amide bonds. The molecule has 6 nitrogen and oxygen atoms in total. The smallest absolute Gasteiger partial charge is 0.121 e. The van der Waals surface area contributed by atoms with Crippen molar-refractivity contribution in [2.75, 3.05) is 46.2 Å². The van der Waals surface area contributed by atoms with Crippen LogP contribution in [0.25, 0.3) is 0 Å². The molecule has 2 rings (SSSR count). The van der Waals surface area contributed by atoms with Crippen LogP contribution in [0.1, 0.15) is 0 Å². The van der Waals surface area contributed by atoms with E-state index in [1.165, 1.54) is 0 Å². The second-order valence-electron chi connectivity index (χ2n) is 5.30. The van der Waals surface area contributed by atoms with Gasteiger partial charge in [0.15, 0.2) is 0 Å². The van der Waals surface area contributed by atoms with Crippen LogP contribution in [0.2, 0.25) is 0 Å². The summed E-state index contributed by atoms with van der Waals surface area (Å²) in [4.78, 5) is 2.12. The van der Waals surface area contributed by atoms with Crippen LogP contribution >= 0.6 is 0 Å². The van der Waals surface area contributed by atoms with Crippen molar-refractivity contribution in [1.29, 1.82) is 0 Å². The standard InChI is InChI=1S/C15H24N2O4/c1-19-14-8-17(9-15(14)20-2)7-12(18)10-21-13-5-3-4-11(16)6-13/h3-6,12,14-15,18H,7-10,16H2,1-2H3. The van der Waals surface area contributed by atoms with E-state index in [1.54, 1.807) is 26.4 Å². The average molecular weight is 296 g/mol. The topological polar surface area (TPSA) is 77.2 Å². The number of nitrogens with zero attached hydrogens (tertiary/aromatic N) is 1. The molecule has 6 heteroatoms. The summed E-state index contributed by atoms with van der Waals surface area (Å²) in [5.41, 5.74) is 6.33. The minimum atomic E-state index is -0.570. The Morgan fingerprint density at radius 1 is 1.29 bits per heavy atom. The molecule has 1 aliphatic heterocycles. The number of benzene rings is 1. The number of hydrogen-bond donors (Lipinski definition) is 2. The fourth-order valence-electron chi connectivity index (χ4n) is 2.57. The third kappa shape index (κ3) is 4.57. The van der Waals surface area contributed by atoms with E-state index < -0.39 is 6.10 Å². The minimum Gasteiger partial charge on any atom is -0.491 e. The zero-order chi connectivity index (χ0) is 15.2. The summed E-state index contributed by atoms with van der Waals surface area (Å²) in [6, 6.07) is 7.18. The Morgan fingerprint density at radius 2 is 1.95 bits per heavy atom. The van der Waals surface area contributed by atoms with Crippen LogP contribution in [0.5, 0.6) is 5.75 Å². The Morgan fingerprint density at radius 3 is 2.52 bits per heavy atom.